The molecule has 2 aliphatic rings. The van der Waals surface area contributed by atoms with Gasteiger partial charge in [-0.1, -0.05) is 36.4 Å². The summed E-state index contributed by atoms with van der Waals surface area (Å²) in [5.74, 6) is -3.57. The molecule has 16 heteroatoms. The lowest BCUT2D eigenvalue weighted by Crippen LogP contribution is -2.43. The highest BCUT2D eigenvalue weighted by Crippen LogP contribution is 2.41. The van der Waals surface area contributed by atoms with Crippen LogP contribution in [-0.2, 0) is 16.1 Å². The number of hydrogen-bond donors (Lipinski definition) is 2. The van der Waals surface area contributed by atoms with Gasteiger partial charge in [0, 0.05) is 51.4 Å². The largest absolute Gasteiger partial charge is 0.573 e. The number of alkyl carbamates (subject to hydrolysis) is 1. The van der Waals surface area contributed by atoms with Crippen molar-refractivity contribution in [1.29, 1.82) is 0 Å². The summed E-state index contributed by atoms with van der Waals surface area (Å²) in [5.41, 5.74) is 3.15. The third kappa shape index (κ3) is 8.43. The molecular formula is C31H31F6N5O5. The van der Waals surface area contributed by atoms with Gasteiger partial charge in [0.25, 0.3) is 5.91 Å². The number of piperazine rings is 1. The van der Waals surface area contributed by atoms with Gasteiger partial charge in [0.15, 0.2) is 0 Å². The molecule has 2 N–H and O–H groups in total. The number of hydrogen-bond acceptors (Lipinski definition) is 7. The summed E-state index contributed by atoms with van der Waals surface area (Å²) in [6, 6.07) is 13.9. The first-order chi connectivity index (χ1) is 22.2. The molecule has 1 saturated heterocycles. The second kappa shape index (κ2) is 13.7. The van der Waals surface area contributed by atoms with Crippen LogP contribution in [0, 0.1) is 0 Å². The maximum Gasteiger partial charge on any atom is 0.573 e. The molecule has 2 amide bonds. The van der Waals surface area contributed by atoms with Crippen molar-refractivity contribution in [2.45, 2.75) is 31.5 Å². The molecule has 252 valence electrons. The number of nitrogens with zero attached hydrogens (tertiary/aromatic N) is 3. The topological polar surface area (TPSA) is 105 Å². The maximum atomic E-state index is 13.1. The number of benzene rings is 2. The van der Waals surface area contributed by atoms with Crippen LogP contribution in [0.1, 0.15) is 28.5 Å². The number of fused-ring (bicyclic) bond motifs is 1. The van der Waals surface area contributed by atoms with Gasteiger partial charge in [0.2, 0.25) is 0 Å². The first-order valence-corrected chi connectivity index (χ1v) is 14.6. The van der Waals surface area contributed by atoms with Crippen molar-refractivity contribution in [2.24, 2.45) is 0 Å². The number of alkyl halides is 6. The van der Waals surface area contributed by atoms with E-state index in [0.29, 0.717) is 28.9 Å². The lowest BCUT2D eigenvalue weighted by molar-refractivity contribution is -0.274. The summed E-state index contributed by atoms with van der Waals surface area (Å²) >= 11 is 0. The van der Waals surface area contributed by atoms with E-state index in [1.807, 2.05) is 24.3 Å². The van der Waals surface area contributed by atoms with E-state index in [1.54, 1.807) is 16.7 Å². The Kier molecular flexibility index (Phi) is 9.81. The Bertz CT molecular complexity index is 1610. The van der Waals surface area contributed by atoms with Crippen molar-refractivity contribution in [1.82, 2.24) is 25.0 Å². The number of ether oxygens (including phenoxy) is 2. The minimum Gasteiger partial charge on any atom is -0.406 e. The molecule has 1 atom stereocenters. The molecule has 47 heavy (non-hydrogen) atoms. The molecule has 0 bridgehead atoms. The lowest BCUT2D eigenvalue weighted by atomic mass is 9.99. The van der Waals surface area contributed by atoms with E-state index in [4.69, 9.17) is 0 Å². The quantitative estimate of drug-likeness (QED) is 0.199. The average molecular weight is 668 g/mol. The molecule has 5 rings (SSSR count). The Morgan fingerprint density at radius 3 is 2.32 bits per heavy atom. The number of amides is 2. The minimum absolute atomic E-state index is 0.0733. The van der Waals surface area contributed by atoms with Crippen LogP contribution in [0.25, 0.3) is 22.4 Å². The molecule has 0 unspecified atom stereocenters. The number of likely N-dealkylation sites (N-methyl/N-ethyl adjacent to an activating group) is 1. The van der Waals surface area contributed by atoms with Gasteiger partial charge in [0.1, 0.15) is 11.4 Å². The Labute approximate surface area is 265 Å². The Hall–Kier alpha value is -4.57. The molecule has 1 fully saturated rings. The number of aromatic nitrogens is 1. The van der Waals surface area contributed by atoms with Crippen LogP contribution in [0.2, 0.25) is 0 Å². The van der Waals surface area contributed by atoms with Crippen molar-refractivity contribution >= 4 is 18.0 Å². The second-order valence-corrected chi connectivity index (χ2v) is 11.3. The highest BCUT2D eigenvalue weighted by Gasteiger charge is 2.42. The summed E-state index contributed by atoms with van der Waals surface area (Å²) in [5, 5.41) is 4.85. The maximum absolute atomic E-state index is 13.1. The van der Waals surface area contributed by atoms with Crippen LogP contribution in [0.5, 0.6) is 5.75 Å². The first kappa shape index (κ1) is 33.8. The van der Waals surface area contributed by atoms with Crippen molar-refractivity contribution < 1.29 is 50.2 Å². The van der Waals surface area contributed by atoms with E-state index in [9.17, 15) is 40.7 Å². The number of carbonyl (C=O) groups excluding carboxylic acids is 3. The van der Waals surface area contributed by atoms with Gasteiger partial charge >= 0.3 is 24.6 Å². The van der Waals surface area contributed by atoms with Gasteiger partial charge < -0.3 is 29.6 Å². The minimum atomic E-state index is -5.35. The molecule has 0 spiro atoms. The van der Waals surface area contributed by atoms with Crippen LogP contribution in [0.3, 0.4) is 0 Å². The Morgan fingerprint density at radius 2 is 1.66 bits per heavy atom. The zero-order valence-electron chi connectivity index (χ0n) is 25.1. The van der Waals surface area contributed by atoms with E-state index >= 15 is 0 Å². The van der Waals surface area contributed by atoms with E-state index in [2.05, 4.69) is 37.0 Å². The predicted molar refractivity (Wildman–Crippen MR) is 156 cm³/mol. The Morgan fingerprint density at radius 1 is 0.957 bits per heavy atom. The zero-order chi connectivity index (χ0) is 33.9. The second-order valence-electron chi connectivity index (χ2n) is 11.3. The predicted octanol–water partition coefficient (Wildman–Crippen LogP) is 4.96. The lowest BCUT2D eigenvalue weighted by Gasteiger charge is -2.32. The van der Waals surface area contributed by atoms with Crippen molar-refractivity contribution in [3.8, 4) is 28.1 Å². The van der Waals surface area contributed by atoms with E-state index < -0.39 is 42.3 Å². The van der Waals surface area contributed by atoms with Crippen LogP contribution in [0.4, 0.5) is 31.1 Å². The third-order valence-corrected chi connectivity index (χ3v) is 7.90. The molecule has 3 aromatic rings. The highest BCUT2D eigenvalue weighted by molar-refractivity contribution is 5.98. The zero-order valence-corrected chi connectivity index (χ0v) is 25.1. The van der Waals surface area contributed by atoms with Crippen LogP contribution in [-0.4, -0.2) is 91.2 Å². The molecule has 10 nitrogen and oxygen atoms in total. The summed E-state index contributed by atoms with van der Waals surface area (Å²) in [6.45, 7) is 4.28. The van der Waals surface area contributed by atoms with E-state index in [0.717, 1.165) is 37.8 Å². The number of rotatable bonds is 8. The Balaban J connectivity index is 1.47. The van der Waals surface area contributed by atoms with Gasteiger partial charge in [-0.15, -0.1) is 13.2 Å². The monoisotopic (exact) mass is 667 g/mol. The van der Waals surface area contributed by atoms with Gasteiger partial charge in [-0.05, 0) is 48.4 Å². The smallest absolute Gasteiger partial charge is 0.406 e. The average Bonchev–Trinajstić information content (AvgIpc) is 3.41. The summed E-state index contributed by atoms with van der Waals surface area (Å²) in [4.78, 5) is 40.4. The molecule has 2 aromatic carbocycles. The fourth-order valence-corrected chi connectivity index (χ4v) is 5.63. The fraction of sp³-hybridized carbons (Fsp3) is 0.387. The third-order valence-electron chi connectivity index (χ3n) is 7.90. The summed E-state index contributed by atoms with van der Waals surface area (Å²) in [7, 11) is 2.07. The van der Waals surface area contributed by atoms with Crippen molar-refractivity contribution in [3.05, 3.63) is 65.9 Å². The molecular weight excluding hydrogens is 636 g/mol. The molecule has 0 saturated carbocycles. The van der Waals surface area contributed by atoms with Crippen LogP contribution in [0.15, 0.2) is 54.6 Å². The number of esters is 1. The fourth-order valence-electron chi connectivity index (χ4n) is 5.63. The molecule has 0 aliphatic carbocycles. The van der Waals surface area contributed by atoms with E-state index in [1.165, 1.54) is 12.1 Å². The number of halogens is 6. The highest BCUT2D eigenvalue weighted by atomic mass is 19.4. The number of carbonyl (C=O) groups is 3. The molecule has 0 radical (unpaired) electrons. The summed E-state index contributed by atoms with van der Waals surface area (Å²) in [6.07, 6.45) is -11.8. The SMILES string of the molecule is CN1CCN(Cc2ccc(-c3c(-c4cccc(OC(F)(F)F)c4)cc4n3[C@@H](CCNC(=O)OC(=O)C(F)(F)F)CNC4=O)cc2)CC1. The molecule has 2 aliphatic heterocycles. The summed E-state index contributed by atoms with van der Waals surface area (Å²) < 4.78 is 86.1. The van der Waals surface area contributed by atoms with Crippen LogP contribution >= 0.6 is 0 Å². The van der Waals surface area contributed by atoms with Gasteiger partial charge in [-0.3, -0.25) is 9.69 Å². The standard InChI is InChI=1S/C31H31F6N5O5/c1-40-11-13-41(14-12-40)18-19-5-7-20(8-6-19)26-24(21-3-2-4-23(15-21)47-31(35,36)37)16-25-27(43)39-17-22(42(25)26)9-10-38-29(45)46-28(44)30(32,33)34/h2-8,15-16,22H,9-14,17-18H2,1H3,(H,38,45)(H,39,43)/t22-/m0/s1. The number of nitrogens with one attached hydrogen (secondary N) is 2. The van der Waals surface area contributed by atoms with E-state index in [-0.39, 0.29) is 25.2 Å². The first-order valence-electron chi connectivity index (χ1n) is 14.6. The van der Waals surface area contributed by atoms with Gasteiger partial charge in [-0.25, -0.2) is 9.59 Å². The van der Waals surface area contributed by atoms with Gasteiger partial charge in [-0.2, -0.15) is 13.2 Å². The molecule has 3 heterocycles. The van der Waals surface area contributed by atoms with Crippen molar-refractivity contribution in [3.63, 3.8) is 0 Å². The van der Waals surface area contributed by atoms with Crippen molar-refractivity contribution in [2.75, 3.05) is 46.3 Å². The molecule has 1 aromatic heterocycles. The normalized spacial score (nSPS) is 17.5. The van der Waals surface area contributed by atoms with Gasteiger partial charge in [0.05, 0.1) is 11.7 Å². The van der Waals surface area contributed by atoms with Crippen LogP contribution < -0.4 is 15.4 Å².